The number of amides is 1. The Hall–Kier alpha value is -1.89. The highest BCUT2D eigenvalue weighted by Gasteiger charge is 2.32. The fourth-order valence-electron chi connectivity index (χ4n) is 3.66. The van der Waals surface area contributed by atoms with Gasteiger partial charge < -0.3 is 4.57 Å². The number of anilines is 1. The van der Waals surface area contributed by atoms with Gasteiger partial charge in [-0.3, -0.25) is 9.69 Å². The Balaban J connectivity index is 1.55. The van der Waals surface area contributed by atoms with Crippen molar-refractivity contribution in [1.82, 2.24) is 9.55 Å². The van der Waals surface area contributed by atoms with Crippen molar-refractivity contribution in [3.63, 3.8) is 0 Å². The van der Waals surface area contributed by atoms with Crippen molar-refractivity contribution in [2.24, 2.45) is 5.92 Å². The van der Waals surface area contributed by atoms with Crippen molar-refractivity contribution < 1.29 is 13.2 Å². The van der Waals surface area contributed by atoms with E-state index >= 15 is 0 Å². The molecule has 1 saturated heterocycles. The first-order valence-corrected chi connectivity index (χ1v) is 9.82. The zero-order valence-corrected chi connectivity index (χ0v) is 13.6. The molecule has 2 aliphatic heterocycles. The first-order chi connectivity index (χ1) is 11.0. The van der Waals surface area contributed by atoms with Crippen LogP contribution in [0.3, 0.4) is 0 Å². The van der Waals surface area contributed by atoms with Crippen molar-refractivity contribution >= 4 is 32.7 Å². The molecule has 1 atom stereocenters. The Morgan fingerprint density at radius 2 is 2.09 bits per heavy atom. The minimum Gasteiger partial charge on any atom is -0.308 e. The van der Waals surface area contributed by atoms with Crippen LogP contribution in [-0.4, -0.2) is 41.9 Å². The molecule has 1 unspecified atom stereocenters. The Morgan fingerprint density at radius 3 is 2.91 bits per heavy atom. The highest BCUT2D eigenvalue weighted by Crippen LogP contribution is 2.29. The van der Waals surface area contributed by atoms with Gasteiger partial charge in [-0.05, 0) is 30.9 Å². The summed E-state index contributed by atoms with van der Waals surface area (Å²) < 4.78 is 25.5. The third-order valence-corrected chi connectivity index (χ3v) is 6.63. The summed E-state index contributed by atoms with van der Waals surface area (Å²) in [7, 11) is -2.97. The van der Waals surface area contributed by atoms with Gasteiger partial charge in [-0.25, -0.2) is 13.4 Å². The minimum absolute atomic E-state index is 0.0128. The van der Waals surface area contributed by atoms with E-state index in [1.807, 2.05) is 24.3 Å². The molecule has 23 heavy (non-hydrogen) atoms. The number of fused-ring (bicyclic) bond motifs is 3. The van der Waals surface area contributed by atoms with Crippen LogP contribution in [0.25, 0.3) is 11.0 Å². The second kappa shape index (κ2) is 5.33. The second-order valence-corrected chi connectivity index (χ2v) is 8.65. The molecule has 1 aromatic heterocycles. The van der Waals surface area contributed by atoms with Gasteiger partial charge in [0.15, 0.2) is 9.84 Å². The van der Waals surface area contributed by atoms with Gasteiger partial charge in [0.2, 0.25) is 11.9 Å². The van der Waals surface area contributed by atoms with Gasteiger partial charge in [-0.1, -0.05) is 12.1 Å². The lowest BCUT2D eigenvalue weighted by Crippen LogP contribution is -2.34. The molecule has 1 aromatic carbocycles. The molecule has 0 aliphatic carbocycles. The average Bonchev–Trinajstić information content (AvgIpc) is 3.04. The van der Waals surface area contributed by atoms with Crippen LogP contribution in [0, 0.1) is 5.92 Å². The van der Waals surface area contributed by atoms with Crippen LogP contribution in [0.1, 0.15) is 19.3 Å². The maximum atomic E-state index is 12.6. The van der Waals surface area contributed by atoms with E-state index in [1.165, 1.54) is 0 Å². The standard InChI is InChI=1S/C16H19N3O3S/c20-15(10-12-4-3-9-23(21,22)11-12)19-8-7-18-14-6-2-1-5-13(14)17-16(18)19/h1-2,5-6,12H,3-4,7-11H2. The van der Waals surface area contributed by atoms with E-state index in [9.17, 15) is 13.2 Å². The largest absolute Gasteiger partial charge is 0.308 e. The molecule has 6 nitrogen and oxygen atoms in total. The number of hydrogen-bond donors (Lipinski definition) is 0. The van der Waals surface area contributed by atoms with Crippen LogP contribution in [0.5, 0.6) is 0 Å². The summed E-state index contributed by atoms with van der Waals surface area (Å²) >= 11 is 0. The summed E-state index contributed by atoms with van der Waals surface area (Å²) in [5.41, 5.74) is 1.93. The van der Waals surface area contributed by atoms with Crippen LogP contribution >= 0.6 is 0 Å². The highest BCUT2D eigenvalue weighted by atomic mass is 32.2. The van der Waals surface area contributed by atoms with E-state index in [2.05, 4.69) is 9.55 Å². The fourth-order valence-corrected chi connectivity index (χ4v) is 5.44. The number of hydrogen-bond acceptors (Lipinski definition) is 4. The lowest BCUT2D eigenvalue weighted by atomic mass is 10.0. The van der Waals surface area contributed by atoms with E-state index in [0.29, 0.717) is 25.3 Å². The lowest BCUT2D eigenvalue weighted by molar-refractivity contribution is -0.119. The monoisotopic (exact) mass is 333 g/mol. The Kier molecular flexibility index (Phi) is 3.41. The molecule has 2 aliphatic rings. The number of aromatic nitrogens is 2. The Bertz CT molecular complexity index is 872. The molecular weight excluding hydrogens is 314 g/mol. The second-order valence-electron chi connectivity index (χ2n) is 6.42. The SMILES string of the molecule is O=C(CC1CCCS(=O)(=O)C1)N1CCn2c1nc1ccccc12. The summed E-state index contributed by atoms with van der Waals surface area (Å²) in [6.07, 6.45) is 1.77. The maximum absolute atomic E-state index is 12.6. The first kappa shape index (κ1) is 14.7. The molecule has 122 valence electrons. The summed E-state index contributed by atoms with van der Waals surface area (Å²) in [6, 6.07) is 7.85. The van der Waals surface area contributed by atoms with Crippen molar-refractivity contribution in [2.75, 3.05) is 23.0 Å². The molecule has 0 bridgehead atoms. The predicted octanol–water partition coefficient (Wildman–Crippen LogP) is 1.60. The third-order valence-electron chi connectivity index (χ3n) is 4.74. The van der Waals surface area contributed by atoms with E-state index in [0.717, 1.165) is 24.0 Å². The number of imidazole rings is 1. The number of carbonyl (C=O) groups is 1. The van der Waals surface area contributed by atoms with Crippen molar-refractivity contribution in [2.45, 2.75) is 25.8 Å². The van der Waals surface area contributed by atoms with E-state index in [-0.39, 0.29) is 23.3 Å². The van der Waals surface area contributed by atoms with E-state index in [1.54, 1.807) is 4.90 Å². The van der Waals surface area contributed by atoms with Gasteiger partial charge in [-0.15, -0.1) is 0 Å². The number of carbonyl (C=O) groups excluding carboxylic acids is 1. The summed E-state index contributed by atoms with van der Waals surface area (Å²) in [5.74, 6) is 1.02. The molecule has 1 amide bonds. The Labute approximate surface area is 135 Å². The zero-order valence-electron chi connectivity index (χ0n) is 12.8. The van der Waals surface area contributed by atoms with Gasteiger partial charge in [0, 0.05) is 19.5 Å². The molecule has 7 heteroatoms. The number of rotatable bonds is 2. The van der Waals surface area contributed by atoms with Crippen LogP contribution in [0.2, 0.25) is 0 Å². The van der Waals surface area contributed by atoms with Gasteiger partial charge in [0.05, 0.1) is 22.5 Å². The number of benzene rings is 1. The van der Waals surface area contributed by atoms with Gasteiger partial charge in [-0.2, -0.15) is 0 Å². The zero-order chi connectivity index (χ0) is 16.0. The smallest absolute Gasteiger partial charge is 0.229 e. The molecule has 4 rings (SSSR count). The molecule has 0 radical (unpaired) electrons. The van der Waals surface area contributed by atoms with Crippen LogP contribution in [0.4, 0.5) is 5.95 Å². The number of nitrogens with zero attached hydrogens (tertiary/aromatic N) is 3. The van der Waals surface area contributed by atoms with Crippen LogP contribution in [-0.2, 0) is 21.2 Å². The van der Waals surface area contributed by atoms with E-state index in [4.69, 9.17) is 0 Å². The molecule has 2 aromatic rings. The van der Waals surface area contributed by atoms with Crippen molar-refractivity contribution in [3.05, 3.63) is 24.3 Å². The summed E-state index contributed by atoms with van der Waals surface area (Å²) in [4.78, 5) is 18.9. The van der Waals surface area contributed by atoms with Crippen molar-refractivity contribution in [1.29, 1.82) is 0 Å². The Morgan fingerprint density at radius 1 is 1.26 bits per heavy atom. The topological polar surface area (TPSA) is 72.3 Å². The van der Waals surface area contributed by atoms with Crippen molar-refractivity contribution in [3.8, 4) is 0 Å². The first-order valence-electron chi connectivity index (χ1n) is 7.99. The fraction of sp³-hybridized carbons (Fsp3) is 0.500. The maximum Gasteiger partial charge on any atom is 0.229 e. The van der Waals surface area contributed by atoms with Gasteiger partial charge in [0.25, 0.3) is 0 Å². The van der Waals surface area contributed by atoms with Gasteiger partial charge >= 0.3 is 0 Å². The lowest BCUT2D eigenvalue weighted by Gasteiger charge is -2.23. The molecule has 1 fully saturated rings. The molecule has 0 N–H and O–H groups in total. The molecule has 3 heterocycles. The third kappa shape index (κ3) is 2.63. The minimum atomic E-state index is -2.97. The normalized spacial score (nSPS) is 23.1. The van der Waals surface area contributed by atoms with Gasteiger partial charge in [0.1, 0.15) is 0 Å². The number of sulfone groups is 1. The summed E-state index contributed by atoms with van der Waals surface area (Å²) in [6.45, 7) is 1.36. The predicted molar refractivity (Wildman–Crippen MR) is 88.1 cm³/mol. The molecule has 0 saturated carbocycles. The summed E-state index contributed by atoms with van der Waals surface area (Å²) in [5, 5.41) is 0. The molecular formula is C16H19N3O3S. The van der Waals surface area contributed by atoms with Crippen LogP contribution < -0.4 is 4.90 Å². The highest BCUT2D eigenvalue weighted by molar-refractivity contribution is 7.91. The number of para-hydroxylation sites is 2. The quantitative estimate of drug-likeness (QED) is 0.837. The van der Waals surface area contributed by atoms with E-state index < -0.39 is 9.84 Å². The molecule has 0 spiro atoms. The average molecular weight is 333 g/mol. The van der Waals surface area contributed by atoms with Crippen LogP contribution in [0.15, 0.2) is 24.3 Å².